The third-order valence-electron chi connectivity index (χ3n) is 8.25. The first-order valence-electron chi connectivity index (χ1n) is 12.8. The lowest BCUT2D eigenvalue weighted by molar-refractivity contribution is -0.157. The molecule has 2 saturated carbocycles. The summed E-state index contributed by atoms with van der Waals surface area (Å²) in [5.41, 5.74) is 1.03. The number of esters is 2. The molecule has 2 aromatic rings. The highest BCUT2D eigenvalue weighted by Crippen LogP contribution is 2.54. The third-order valence-corrected chi connectivity index (χ3v) is 8.25. The lowest BCUT2D eigenvalue weighted by Gasteiger charge is -2.48. The fraction of sp³-hybridized carbons (Fsp3) is 0.483. The van der Waals surface area contributed by atoms with Gasteiger partial charge in [0.15, 0.2) is 0 Å². The largest absolute Gasteiger partial charge is 0.462 e. The van der Waals surface area contributed by atoms with Gasteiger partial charge in [-0.3, -0.25) is 14.6 Å². The number of carbonyl (C=O) groups excluding carboxylic acids is 2. The van der Waals surface area contributed by atoms with Crippen molar-refractivity contribution in [2.75, 3.05) is 0 Å². The smallest absolute Gasteiger partial charge is 0.416 e. The number of alkyl halides is 3. The number of pyridine rings is 1. The van der Waals surface area contributed by atoms with Crippen LogP contribution in [-0.4, -0.2) is 29.1 Å². The molecule has 7 atom stereocenters. The van der Waals surface area contributed by atoms with Gasteiger partial charge >= 0.3 is 18.1 Å². The summed E-state index contributed by atoms with van der Waals surface area (Å²) < 4.78 is 50.6. The van der Waals surface area contributed by atoms with Gasteiger partial charge in [0, 0.05) is 30.5 Å². The van der Waals surface area contributed by atoms with Gasteiger partial charge in [0.25, 0.3) is 0 Å². The number of benzene rings is 1. The Bertz CT molecular complexity index is 1190. The molecule has 37 heavy (non-hydrogen) atoms. The van der Waals surface area contributed by atoms with Crippen LogP contribution in [0.5, 0.6) is 0 Å². The second-order valence-corrected chi connectivity index (χ2v) is 10.5. The molecule has 5 nitrogen and oxygen atoms in total. The van der Waals surface area contributed by atoms with E-state index in [1.54, 1.807) is 24.4 Å². The zero-order valence-corrected chi connectivity index (χ0v) is 20.8. The number of hydrogen-bond donors (Lipinski definition) is 0. The van der Waals surface area contributed by atoms with Gasteiger partial charge in [-0.2, -0.15) is 13.2 Å². The number of allylic oxidation sites excluding steroid dienone is 1. The minimum atomic E-state index is -4.40. The van der Waals surface area contributed by atoms with Crippen molar-refractivity contribution in [1.29, 1.82) is 0 Å². The highest BCUT2D eigenvalue weighted by Gasteiger charge is 2.56. The molecule has 1 aliphatic heterocycles. The van der Waals surface area contributed by atoms with Crippen molar-refractivity contribution in [3.05, 3.63) is 59.9 Å². The number of nitrogens with zero attached hydrogens (tertiary/aromatic N) is 1. The Labute approximate surface area is 214 Å². The third kappa shape index (κ3) is 5.15. The number of carbonyl (C=O) groups is 2. The molecule has 0 radical (unpaired) electrons. The molecule has 0 amide bonds. The molecule has 3 fully saturated rings. The predicted octanol–water partition coefficient (Wildman–Crippen LogP) is 6.33. The normalized spacial score (nSPS) is 31.5. The first kappa shape index (κ1) is 25.5. The maximum absolute atomic E-state index is 13.1. The van der Waals surface area contributed by atoms with Crippen molar-refractivity contribution in [2.24, 2.45) is 29.6 Å². The molecule has 5 rings (SSSR count). The monoisotopic (exact) mass is 513 g/mol. The van der Waals surface area contributed by atoms with Crippen molar-refractivity contribution in [3.8, 4) is 11.1 Å². The first-order chi connectivity index (χ1) is 17.6. The van der Waals surface area contributed by atoms with Crippen molar-refractivity contribution < 1.29 is 32.2 Å². The summed E-state index contributed by atoms with van der Waals surface area (Å²) in [6.07, 6.45) is 4.22. The van der Waals surface area contributed by atoms with Gasteiger partial charge in [0.2, 0.25) is 0 Å². The van der Waals surface area contributed by atoms with Crippen LogP contribution in [0.4, 0.5) is 13.2 Å². The molecule has 1 aromatic carbocycles. The summed E-state index contributed by atoms with van der Waals surface area (Å²) in [5.74, 6) is -0.228. The Balaban J connectivity index is 1.39. The van der Waals surface area contributed by atoms with E-state index in [0.29, 0.717) is 23.2 Å². The van der Waals surface area contributed by atoms with Crippen molar-refractivity contribution >= 4 is 18.0 Å². The fourth-order valence-electron chi connectivity index (χ4n) is 6.70. The molecule has 1 saturated heterocycles. The van der Waals surface area contributed by atoms with Crippen LogP contribution in [0.2, 0.25) is 0 Å². The molecule has 2 aliphatic carbocycles. The van der Waals surface area contributed by atoms with E-state index in [9.17, 15) is 22.8 Å². The molecule has 0 bridgehead atoms. The molecule has 1 aromatic heterocycles. The molecule has 0 N–H and O–H groups in total. The summed E-state index contributed by atoms with van der Waals surface area (Å²) in [4.78, 5) is 28.9. The number of ether oxygens (including phenoxy) is 2. The minimum Gasteiger partial charge on any atom is -0.462 e. The quantitative estimate of drug-likeness (QED) is 0.447. The highest BCUT2D eigenvalue weighted by molar-refractivity contribution is 5.76. The maximum atomic E-state index is 13.1. The van der Waals surface area contributed by atoms with Gasteiger partial charge in [-0.25, -0.2) is 0 Å². The average Bonchev–Trinajstić information content (AvgIpc) is 3.15. The van der Waals surface area contributed by atoms with Crippen LogP contribution in [0, 0.1) is 29.6 Å². The van der Waals surface area contributed by atoms with Gasteiger partial charge < -0.3 is 9.47 Å². The number of cyclic esters (lactones) is 1. The Morgan fingerprint density at radius 1 is 1.14 bits per heavy atom. The van der Waals surface area contributed by atoms with Crippen LogP contribution >= 0.6 is 0 Å². The van der Waals surface area contributed by atoms with E-state index < -0.39 is 11.7 Å². The number of aromatic nitrogens is 1. The van der Waals surface area contributed by atoms with Crippen LogP contribution in [0.15, 0.2) is 48.7 Å². The zero-order valence-electron chi connectivity index (χ0n) is 20.8. The van der Waals surface area contributed by atoms with Gasteiger partial charge in [-0.15, -0.1) is 0 Å². The highest BCUT2D eigenvalue weighted by atomic mass is 19.4. The zero-order chi connectivity index (χ0) is 26.3. The average molecular weight is 514 g/mol. The molecule has 2 heterocycles. The van der Waals surface area contributed by atoms with E-state index >= 15 is 0 Å². The summed E-state index contributed by atoms with van der Waals surface area (Å²) in [6, 6.07) is 8.74. The van der Waals surface area contributed by atoms with Gasteiger partial charge in [-0.1, -0.05) is 24.3 Å². The van der Waals surface area contributed by atoms with Crippen LogP contribution in [0.25, 0.3) is 17.2 Å². The molecular formula is C29H30F3NO4. The van der Waals surface area contributed by atoms with Gasteiger partial charge in [0.05, 0.1) is 17.2 Å². The Morgan fingerprint density at radius 3 is 2.65 bits per heavy atom. The minimum absolute atomic E-state index is 0.0467. The fourth-order valence-corrected chi connectivity index (χ4v) is 6.70. The maximum Gasteiger partial charge on any atom is 0.416 e. The Kier molecular flexibility index (Phi) is 6.86. The lowest BCUT2D eigenvalue weighted by atomic mass is 9.56. The van der Waals surface area contributed by atoms with Crippen LogP contribution in [0.1, 0.15) is 50.8 Å². The molecule has 8 heteroatoms. The van der Waals surface area contributed by atoms with Crippen molar-refractivity contribution in [2.45, 2.75) is 57.9 Å². The van der Waals surface area contributed by atoms with Crippen LogP contribution in [0.3, 0.4) is 0 Å². The van der Waals surface area contributed by atoms with E-state index in [-0.39, 0.29) is 53.7 Å². The second-order valence-electron chi connectivity index (χ2n) is 10.5. The molecule has 3 aliphatic rings. The SMILES string of the molecule is CC(=O)O[C@H]1CCC[C@H]2[C@H](/C=C/c3ccc(-c4cccc(C(F)(F)F)c4)cn3)[C@@H]3[C@@H](C)OC(=O)[C@@H]3C[C@@H]21. The summed E-state index contributed by atoms with van der Waals surface area (Å²) in [6.45, 7) is 3.37. The standard InChI is InChI=1S/C29H30F3NO4/c1-16-27-23(22-7-4-8-26(37-17(2)34)24(22)14-25(27)28(35)36-16)12-11-21-10-9-19(15-33-21)18-5-3-6-20(13-18)29(30,31)32/h3,5-6,9-13,15-16,22-27H,4,7-8,14H2,1-2H3/b12-11+/t16-,22+,23+,24+,25-,26+,27+/m1/s1. The van der Waals surface area contributed by atoms with Crippen LogP contribution < -0.4 is 0 Å². The summed E-state index contributed by atoms with van der Waals surface area (Å²) in [7, 11) is 0. The topological polar surface area (TPSA) is 65.5 Å². The van der Waals surface area contributed by atoms with E-state index in [1.165, 1.54) is 13.0 Å². The Hall–Kier alpha value is -3.16. The van der Waals surface area contributed by atoms with E-state index in [4.69, 9.17) is 9.47 Å². The van der Waals surface area contributed by atoms with Crippen molar-refractivity contribution in [1.82, 2.24) is 4.98 Å². The van der Waals surface area contributed by atoms with Gasteiger partial charge in [0.1, 0.15) is 12.2 Å². The molecule has 0 unspecified atom stereocenters. The molecule has 0 spiro atoms. The van der Waals surface area contributed by atoms with Crippen LogP contribution in [-0.2, 0) is 25.2 Å². The summed E-state index contributed by atoms with van der Waals surface area (Å²) in [5, 5.41) is 0. The van der Waals surface area contributed by atoms with E-state index in [1.807, 2.05) is 13.0 Å². The number of rotatable bonds is 4. The van der Waals surface area contributed by atoms with Crippen molar-refractivity contribution in [3.63, 3.8) is 0 Å². The Morgan fingerprint density at radius 2 is 1.95 bits per heavy atom. The van der Waals surface area contributed by atoms with E-state index in [2.05, 4.69) is 11.1 Å². The number of halogens is 3. The van der Waals surface area contributed by atoms with Gasteiger partial charge in [-0.05, 0) is 74.3 Å². The second kappa shape index (κ2) is 9.95. The predicted molar refractivity (Wildman–Crippen MR) is 131 cm³/mol. The van der Waals surface area contributed by atoms with E-state index in [0.717, 1.165) is 31.4 Å². The molecular weight excluding hydrogens is 483 g/mol. The molecule has 196 valence electrons. The summed E-state index contributed by atoms with van der Waals surface area (Å²) >= 11 is 0. The number of hydrogen-bond acceptors (Lipinski definition) is 5. The lowest BCUT2D eigenvalue weighted by Crippen LogP contribution is -2.48. The number of fused-ring (bicyclic) bond motifs is 2. The first-order valence-corrected chi connectivity index (χ1v) is 12.8.